The van der Waals surface area contributed by atoms with E-state index in [-0.39, 0.29) is 69.4 Å². The Morgan fingerprint density at radius 1 is 0.873 bits per heavy atom. The molecule has 346 valence electrons. The first-order valence-corrected chi connectivity index (χ1v) is 24.8. The summed E-state index contributed by atoms with van der Waals surface area (Å²) in [5.74, 6) is -1.96. The van der Waals surface area contributed by atoms with Gasteiger partial charge in [0.2, 0.25) is 28.6 Å². The van der Waals surface area contributed by atoms with Crippen molar-refractivity contribution in [1.82, 2.24) is 19.8 Å². The Bertz CT molecular complexity index is 2060. The summed E-state index contributed by atoms with van der Waals surface area (Å²) in [5.41, 5.74) is -0.258. The summed E-state index contributed by atoms with van der Waals surface area (Å²) >= 11 is 0. The van der Waals surface area contributed by atoms with E-state index in [9.17, 15) is 32.4 Å². The molecule has 8 rings (SSSR count). The zero-order valence-electron chi connectivity index (χ0n) is 37.1. The van der Waals surface area contributed by atoms with Crippen LogP contribution in [0.1, 0.15) is 142 Å². The normalized spacial score (nSPS) is 26.8. The van der Waals surface area contributed by atoms with Gasteiger partial charge in [0.1, 0.15) is 12.2 Å². The average molecular weight is 897 g/mol. The molecule has 3 heterocycles. The van der Waals surface area contributed by atoms with Crippen molar-refractivity contribution >= 4 is 45.6 Å². The van der Waals surface area contributed by atoms with Crippen molar-refractivity contribution in [1.29, 1.82) is 0 Å². The number of ketones is 2. The minimum absolute atomic E-state index is 0.0357. The van der Waals surface area contributed by atoms with E-state index in [2.05, 4.69) is 10.0 Å². The first kappa shape index (κ1) is 45.2. The van der Waals surface area contributed by atoms with E-state index in [1.54, 1.807) is 0 Å². The molecule has 0 spiro atoms. The smallest absolute Gasteiger partial charge is 0.410 e. The highest BCUT2D eigenvalue weighted by molar-refractivity contribution is 7.90. The molecule has 1 unspecified atom stereocenters. The zero-order valence-corrected chi connectivity index (χ0v) is 37.9. The predicted molar refractivity (Wildman–Crippen MR) is 228 cm³/mol. The van der Waals surface area contributed by atoms with Gasteiger partial charge in [-0.1, -0.05) is 53.4 Å². The molecule has 0 bridgehead atoms. The van der Waals surface area contributed by atoms with Crippen LogP contribution in [0.25, 0.3) is 0 Å². The molecule has 5 fully saturated rings. The number of benzene rings is 1. The van der Waals surface area contributed by atoms with Crippen LogP contribution in [-0.4, -0.2) is 96.7 Å². The Kier molecular flexibility index (Phi) is 12.8. The van der Waals surface area contributed by atoms with Crippen LogP contribution in [0.15, 0.2) is 12.1 Å². The second kappa shape index (κ2) is 17.9. The van der Waals surface area contributed by atoms with Gasteiger partial charge in [-0.05, 0) is 98.3 Å². The number of likely N-dealkylation sites (tertiary alicyclic amines) is 1. The quantitative estimate of drug-likeness (QED) is 0.206. The number of ether oxygens (including phenoxy) is 4. The Morgan fingerprint density at radius 2 is 1.51 bits per heavy atom. The molecule has 4 amide bonds. The number of Topliss-reactive ketones (excluding diaryl/α,β-unsaturated/α-hetero) is 2. The standard InChI is InChI=1S/C46H64N4O12S/c1-5-30-21-46(30,42(54)48-63(57,58)33-15-16-33)22-37(52)35-19-32(62-44(56)49-23-28-17-38-39(60-26-59-38)18-29(28)24-49)25-50(35)41(53)34(45(2,3)4)20-36(51)40(27-11-7-6-8-12-27)47-43(55)61-31-13-9-10-14-31/h17-18,27,30-35,40H,5-16,19-26H2,1-4H3,(H,47,55)(H,48,54)/t30-,32+,34+,35?,40-,46-/m0/s1. The average Bonchev–Trinajstić information content (AvgIpc) is 3.91. The van der Waals surface area contributed by atoms with Crippen LogP contribution in [-0.2, 0) is 51.8 Å². The summed E-state index contributed by atoms with van der Waals surface area (Å²) < 4.78 is 50.9. The molecule has 4 saturated carbocycles. The van der Waals surface area contributed by atoms with Gasteiger partial charge < -0.3 is 29.2 Å². The summed E-state index contributed by atoms with van der Waals surface area (Å²) in [6.45, 7) is 8.00. The first-order chi connectivity index (χ1) is 30.0. The number of alkyl carbamates (subject to hydrolysis) is 1. The number of amides is 4. The molecule has 17 heteroatoms. The molecule has 1 saturated heterocycles. The van der Waals surface area contributed by atoms with Gasteiger partial charge in [-0.25, -0.2) is 18.0 Å². The summed E-state index contributed by atoms with van der Waals surface area (Å²) in [4.78, 5) is 88.1. The van der Waals surface area contributed by atoms with Crippen LogP contribution < -0.4 is 19.5 Å². The number of carbonyl (C=O) groups is 6. The van der Waals surface area contributed by atoms with Crippen LogP contribution in [0.2, 0.25) is 0 Å². The lowest BCUT2D eigenvalue weighted by Gasteiger charge is -2.36. The van der Waals surface area contributed by atoms with Crippen LogP contribution >= 0.6 is 0 Å². The lowest BCUT2D eigenvalue weighted by atomic mass is 9.74. The largest absolute Gasteiger partial charge is 0.454 e. The van der Waals surface area contributed by atoms with Crippen molar-refractivity contribution in [3.05, 3.63) is 23.3 Å². The number of hydrogen-bond donors (Lipinski definition) is 2. The highest BCUT2D eigenvalue weighted by Crippen LogP contribution is 2.58. The Morgan fingerprint density at radius 3 is 2.10 bits per heavy atom. The third-order valence-corrected chi connectivity index (χ3v) is 16.6. The van der Waals surface area contributed by atoms with Crippen LogP contribution in [0.3, 0.4) is 0 Å². The van der Waals surface area contributed by atoms with E-state index in [1.807, 2.05) is 39.8 Å². The molecule has 1 aromatic rings. The fourth-order valence-corrected chi connectivity index (χ4v) is 12.1. The molecule has 2 N–H and O–H groups in total. The van der Waals surface area contributed by atoms with Crippen LogP contribution in [0.5, 0.6) is 11.5 Å². The monoisotopic (exact) mass is 896 g/mol. The summed E-state index contributed by atoms with van der Waals surface area (Å²) in [6.07, 6.45) is 6.87. The van der Waals surface area contributed by atoms with Crippen molar-refractivity contribution in [2.75, 3.05) is 13.3 Å². The molecule has 1 aromatic carbocycles. The maximum Gasteiger partial charge on any atom is 0.410 e. The molecule has 4 aliphatic carbocycles. The first-order valence-electron chi connectivity index (χ1n) is 23.2. The molecular weight excluding hydrogens is 833 g/mol. The second-order valence-corrected chi connectivity index (χ2v) is 22.2. The molecule has 7 aliphatic rings. The second-order valence-electron chi connectivity index (χ2n) is 20.3. The fraction of sp³-hybridized carbons (Fsp3) is 0.739. The number of sulfonamides is 1. The Hall–Kier alpha value is -4.41. The maximum absolute atomic E-state index is 15.1. The summed E-state index contributed by atoms with van der Waals surface area (Å²) in [7, 11) is -3.88. The minimum Gasteiger partial charge on any atom is -0.454 e. The van der Waals surface area contributed by atoms with Crippen molar-refractivity contribution < 1.29 is 56.1 Å². The van der Waals surface area contributed by atoms with Gasteiger partial charge >= 0.3 is 12.2 Å². The fourth-order valence-electron chi connectivity index (χ4n) is 10.7. The van der Waals surface area contributed by atoms with E-state index >= 15 is 4.79 Å². The zero-order chi connectivity index (χ0) is 44.8. The topological polar surface area (TPSA) is 204 Å². The number of nitrogens with one attached hydrogen (secondary N) is 2. The molecular formula is C46H64N4O12S. The number of rotatable bonds is 15. The SMILES string of the molecule is CC[C@H]1C[C@@]1(CC(=O)C1C[C@@H](OC(=O)N2Cc3cc4c(cc3C2)OCO4)CN1C(=O)[C@@H](CC(=O)[C@@H](NC(=O)OC1CCCC1)C1CCCCC1)C(C)(C)C)C(=O)NS(=O)(=O)C1CC1. The molecule has 3 aliphatic heterocycles. The number of fused-ring (bicyclic) bond motifs is 2. The Labute approximate surface area is 370 Å². The van der Waals surface area contributed by atoms with E-state index in [4.69, 9.17) is 18.9 Å². The van der Waals surface area contributed by atoms with Gasteiger partial charge in [0.15, 0.2) is 23.1 Å². The molecule has 16 nitrogen and oxygen atoms in total. The van der Waals surface area contributed by atoms with Crippen molar-refractivity contribution in [2.24, 2.45) is 28.6 Å². The van der Waals surface area contributed by atoms with Crippen LogP contribution in [0, 0.1) is 28.6 Å². The Balaban J connectivity index is 1.02. The molecule has 0 aromatic heterocycles. The molecule has 6 atom stereocenters. The van der Waals surface area contributed by atoms with Gasteiger partial charge in [-0.3, -0.25) is 28.8 Å². The van der Waals surface area contributed by atoms with Gasteiger partial charge in [0.05, 0.1) is 29.3 Å². The van der Waals surface area contributed by atoms with Crippen molar-refractivity contribution in [3.8, 4) is 11.5 Å². The minimum atomic E-state index is -3.88. The van der Waals surface area contributed by atoms with Crippen LogP contribution in [0.4, 0.5) is 9.59 Å². The molecule has 63 heavy (non-hydrogen) atoms. The highest BCUT2D eigenvalue weighted by atomic mass is 32.2. The van der Waals surface area contributed by atoms with E-state index < -0.39 is 80.0 Å². The van der Waals surface area contributed by atoms with E-state index in [1.165, 1.54) is 9.80 Å². The van der Waals surface area contributed by atoms with Crippen molar-refractivity contribution in [2.45, 2.75) is 173 Å². The number of carbonyl (C=O) groups excluding carboxylic acids is 6. The van der Waals surface area contributed by atoms with Gasteiger partial charge in [0.25, 0.3) is 0 Å². The van der Waals surface area contributed by atoms with E-state index in [0.717, 1.165) is 68.9 Å². The third-order valence-electron chi connectivity index (χ3n) is 14.8. The van der Waals surface area contributed by atoms with Crippen molar-refractivity contribution in [3.63, 3.8) is 0 Å². The number of nitrogens with zero attached hydrogens (tertiary/aromatic N) is 2. The lowest BCUT2D eigenvalue weighted by molar-refractivity contribution is -0.146. The van der Waals surface area contributed by atoms with Gasteiger partial charge in [0, 0.05) is 38.3 Å². The summed E-state index contributed by atoms with van der Waals surface area (Å²) in [5, 5.41) is 2.29. The number of hydrogen-bond acceptors (Lipinski definition) is 12. The van der Waals surface area contributed by atoms with Gasteiger partial charge in [-0.2, -0.15) is 0 Å². The highest BCUT2D eigenvalue weighted by Gasteiger charge is 2.62. The predicted octanol–water partition coefficient (Wildman–Crippen LogP) is 6.06. The molecule has 0 radical (unpaired) electrons. The summed E-state index contributed by atoms with van der Waals surface area (Å²) in [6, 6.07) is 1.73. The third kappa shape index (κ3) is 9.82. The van der Waals surface area contributed by atoms with Gasteiger partial charge in [-0.15, -0.1) is 0 Å². The lowest BCUT2D eigenvalue weighted by Crippen LogP contribution is -2.51. The maximum atomic E-state index is 15.1. The van der Waals surface area contributed by atoms with E-state index in [0.29, 0.717) is 37.2 Å².